The van der Waals surface area contributed by atoms with E-state index in [-0.39, 0.29) is 29.8 Å². The van der Waals surface area contributed by atoms with Crippen LogP contribution in [0.15, 0.2) is 23.8 Å². The molecule has 2 bridgehead atoms. The predicted molar refractivity (Wildman–Crippen MR) is 118 cm³/mol. The van der Waals surface area contributed by atoms with Crippen LogP contribution in [0.5, 0.6) is 0 Å². The SMILES string of the molecule is CO[C@H]1C[C@H]2C=C[C@@H]3C[C@]2(O[C@H]3[C@H](C#N)C(C)[C@H](C)O)/C(C)=C/[C@@H](C)[C@@H]([C@@H](C)O)OC1=O. The molecule has 1 saturated heterocycles. The Balaban J connectivity index is 2.05. The number of esters is 1. The Morgan fingerprint density at radius 3 is 2.50 bits per heavy atom. The van der Waals surface area contributed by atoms with E-state index in [2.05, 4.69) is 18.2 Å². The van der Waals surface area contributed by atoms with Crippen molar-refractivity contribution in [2.75, 3.05) is 7.11 Å². The average molecular weight is 448 g/mol. The summed E-state index contributed by atoms with van der Waals surface area (Å²) in [5, 5.41) is 30.3. The van der Waals surface area contributed by atoms with Gasteiger partial charge < -0.3 is 24.4 Å². The van der Waals surface area contributed by atoms with Crippen molar-refractivity contribution >= 4 is 5.97 Å². The highest BCUT2D eigenvalue weighted by atomic mass is 16.6. The third-order valence-corrected chi connectivity index (χ3v) is 7.77. The molecule has 178 valence electrons. The van der Waals surface area contributed by atoms with Crippen molar-refractivity contribution in [3.05, 3.63) is 23.8 Å². The Morgan fingerprint density at radius 2 is 1.94 bits per heavy atom. The second-order valence-electron chi connectivity index (χ2n) is 9.90. The van der Waals surface area contributed by atoms with Crippen LogP contribution >= 0.6 is 0 Å². The van der Waals surface area contributed by atoms with Gasteiger partial charge in [-0.3, -0.25) is 0 Å². The summed E-state index contributed by atoms with van der Waals surface area (Å²) in [6.07, 6.45) is 3.99. The minimum Gasteiger partial charge on any atom is -0.457 e. The van der Waals surface area contributed by atoms with Crippen molar-refractivity contribution in [3.8, 4) is 6.07 Å². The zero-order valence-electron chi connectivity index (χ0n) is 19.9. The molecular formula is C25H37NO6. The molecule has 1 spiro atoms. The zero-order valence-corrected chi connectivity index (χ0v) is 19.9. The number of nitriles is 1. The van der Waals surface area contributed by atoms with Crippen molar-refractivity contribution in [1.82, 2.24) is 0 Å². The number of hydrogen-bond donors (Lipinski definition) is 2. The Morgan fingerprint density at radius 1 is 1.25 bits per heavy atom. The molecule has 0 amide bonds. The molecule has 2 aliphatic heterocycles. The van der Waals surface area contributed by atoms with E-state index in [0.29, 0.717) is 12.8 Å². The van der Waals surface area contributed by atoms with Gasteiger partial charge in [0, 0.05) is 30.8 Å². The monoisotopic (exact) mass is 447 g/mol. The molecule has 1 fully saturated rings. The number of ether oxygens (including phenoxy) is 3. The molecule has 7 heteroatoms. The summed E-state index contributed by atoms with van der Waals surface area (Å²) in [5.41, 5.74) is 0.329. The van der Waals surface area contributed by atoms with Gasteiger partial charge in [-0.05, 0) is 39.2 Å². The van der Waals surface area contributed by atoms with Gasteiger partial charge in [-0.1, -0.05) is 32.1 Å². The number of rotatable bonds is 5. The molecule has 1 aliphatic carbocycles. The van der Waals surface area contributed by atoms with Gasteiger partial charge in [0.15, 0.2) is 6.10 Å². The fourth-order valence-corrected chi connectivity index (χ4v) is 5.64. The van der Waals surface area contributed by atoms with Gasteiger partial charge >= 0.3 is 5.97 Å². The molecule has 3 aliphatic rings. The normalized spacial score (nSPS) is 42.5. The summed E-state index contributed by atoms with van der Waals surface area (Å²) >= 11 is 0. The van der Waals surface area contributed by atoms with Crippen LogP contribution in [0.25, 0.3) is 0 Å². The standard InChI is InChI=1S/C25H37NO6/c1-13-9-14(2)25-11-18(23(32-25)20(12-26)15(3)16(4)27)7-8-19(25)10-21(30-6)24(29)31-22(13)17(5)28/h7-9,13,15-23,27-28H,10-11H2,1-6H3/b14-9+/t13-,15?,16+,17-,18-,19-,20-,21+,22+,23-,25+/m1/s1. The highest BCUT2D eigenvalue weighted by Gasteiger charge is 2.56. The molecule has 0 saturated carbocycles. The Bertz CT molecular complexity index is 799. The molecule has 0 aromatic heterocycles. The molecule has 0 aromatic carbocycles. The molecule has 3 rings (SSSR count). The van der Waals surface area contributed by atoms with E-state index in [1.165, 1.54) is 7.11 Å². The maximum Gasteiger partial charge on any atom is 0.335 e. The van der Waals surface area contributed by atoms with E-state index in [9.17, 15) is 20.3 Å². The Kier molecular flexibility index (Phi) is 7.51. The van der Waals surface area contributed by atoms with Gasteiger partial charge in [-0.25, -0.2) is 4.79 Å². The van der Waals surface area contributed by atoms with Crippen LogP contribution in [-0.2, 0) is 19.0 Å². The van der Waals surface area contributed by atoms with E-state index >= 15 is 0 Å². The Labute approximate surface area is 191 Å². The molecule has 1 unspecified atom stereocenters. The quantitative estimate of drug-likeness (QED) is 0.493. The minimum atomic E-state index is -0.839. The van der Waals surface area contributed by atoms with Crippen LogP contribution < -0.4 is 0 Å². The third kappa shape index (κ3) is 4.38. The first kappa shape index (κ1) is 24.9. The van der Waals surface area contributed by atoms with Crippen molar-refractivity contribution in [3.63, 3.8) is 0 Å². The number of carbonyl (C=O) groups excluding carboxylic acids is 1. The fraction of sp³-hybridized carbons (Fsp3) is 0.760. The van der Waals surface area contributed by atoms with E-state index in [0.717, 1.165) is 5.57 Å². The number of nitrogens with zero attached hydrogens (tertiary/aromatic N) is 1. The molecule has 32 heavy (non-hydrogen) atoms. The van der Waals surface area contributed by atoms with Gasteiger partial charge in [0.25, 0.3) is 0 Å². The van der Waals surface area contributed by atoms with Crippen LogP contribution in [0.4, 0.5) is 0 Å². The maximum absolute atomic E-state index is 12.9. The second kappa shape index (κ2) is 9.64. The number of hydrogen-bond acceptors (Lipinski definition) is 7. The molecule has 0 radical (unpaired) electrons. The van der Waals surface area contributed by atoms with Crippen molar-refractivity contribution in [1.29, 1.82) is 5.26 Å². The number of carbonyl (C=O) groups is 1. The highest BCUT2D eigenvalue weighted by Crippen LogP contribution is 2.53. The van der Waals surface area contributed by atoms with Crippen LogP contribution in [0.3, 0.4) is 0 Å². The van der Waals surface area contributed by atoms with Crippen LogP contribution in [0.1, 0.15) is 47.5 Å². The largest absolute Gasteiger partial charge is 0.457 e. The molecular weight excluding hydrogens is 410 g/mol. The van der Waals surface area contributed by atoms with Gasteiger partial charge in [0.05, 0.1) is 35.9 Å². The number of fused-ring (bicyclic) bond motifs is 1. The first-order valence-corrected chi connectivity index (χ1v) is 11.6. The molecule has 11 atom stereocenters. The topological polar surface area (TPSA) is 109 Å². The number of aliphatic hydroxyl groups excluding tert-OH is 2. The summed E-state index contributed by atoms with van der Waals surface area (Å²) in [4.78, 5) is 12.9. The van der Waals surface area contributed by atoms with Crippen LogP contribution in [0, 0.1) is 40.9 Å². The number of methoxy groups -OCH3 is 1. The van der Waals surface area contributed by atoms with Gasteiger partial charge in [0.2, 0.25) is 0 Å². The van der Waals surface area contributed by atoms with Crippen molar-refractivity contribution in [2.24, 2.45) is 29.6 Å². The smallest absolute Gasteiger partial charge is 0.335 e. The first-order chi connectivity index (χ1) is 15.0. The van der Waals surface area contributed by atoms with E-state index < -0.39 is 41.9 Å². The predicted octanol–water partition coefficient (Wildman–Crippen LogP) is 2.77. The lowest BCUT2D eigenvalue weighted by Crippen LogP contribution is -2.46. The first-order valence-electron chi connectivity index (χ1n) is 11.6. The maximum atomic E-state index is 12.9. The molecule has 7 nitrogen and oxygen atoms in total. The lowest BCUT2D eigenvalue weighted by atomic mass is 9.69. The Hall–Kier alpha value is -1.72. The fourth-order valence-electron chi connectivity index (χ4n) is 5.64. The molecule has 0 aromatic rings. The van der Waals surface area contributed by atoms with E-state index in [1.807, 2.05) is 26.8 Å². The second-order valence-corrected chi connectivity index (χ2v) is 9.90. The minimum absolute atomic E-state index is 0.0409. The van der Waals surface area contributed by atoms with E-state index in [4.69, 9.17) is 14.2 Å². The number of cyclic esters (lactones) is 1. The highest BCUT2D eigenvalue weighted by molar-refractivity contribution is 5.75. The van der Waals surface area contributed by atoms with Crippen LogP contribution in [-0.4, -0.2) is 59.4 Å². The summed E-state index contributed by atoms with van der Waals surface area (Å²) < 4.78 is 17.9. The molecule has 2 N–H and O–H groups in total. The van der Waals surface area contributed by atoms with Gasteiger partial charge in [-0.15, -0.1) is 0 Å². The lowest BCUT2D eigenvalue weighted by molar-refractivity contribution is -0.171. The summed E-state index contributed by atoms with van der Waals surface area (Å²) in [6.45, 7) is 9.13. The van der Waals surface area contributed by atoms with Crippen molar-refractivity contribution in [2.45, 2.75) is 83.6 Å². The molecule has 2 heterocycles. The van der Waals surface area contributed by atoms with Gasteiger partial charge in [-0.2, -0.15) is 5.26 Å². The summed E-state index contributed by atoms with van der Waals surface area (Å²) in [6, 6.07) is 2.38. The van der Waals surface area contributed by atoms with Crippen molar-refractivity contribution < 1.29 is 29.2 Å². The van der Waals surface area contributed by atoms with Crippen LogP contribution in [0.2, 0.25) is 0 Å². The third-order valence-electron chi connectivity index (χ3n) is 7.77. The summed E-state index contributed by atoms with van der Waals surface area (Å²) in [5.74, 6) is -1.52. The summed E-state index contributed by atoms with van der Waals surface area (Å²) in [7, 11) is 1.48. The zero-order chi connectivity index (χ0) is 23.8. The van der Waals surface area contributed by atoms with Gasteiger partial charge in [0.1, 0.15) is 6.10 Å². The number of aliphatic hydroxyl groups is 2. The van der Waals surface area contributed by atoms with E-state index in [1.54, 1.807) is 13.8 Å². The lowest BCUT2D eigenvalue weighted by Gasteiger charge is -2.41. The average Bonchev–Trinajstić information content (AvgIpc) is 3.05.